The van der Waals surface area contributed by atoms with Crippen molar-refractivity contribution in [3.8, 4) is 0 Å². The number of hydrogen-bond acceptors (Lipinski definition) is 0. The summed E-state index contributed by atoms with van der Waals surface area (Å²) in [5, 5.41) is 0. The molecule has 0 bridgehead atoms. The molecule has 0 N–H and O–H groups in total. The summed E-state index contributed by atoms with van der Waals surface area (Å²) in [5.41, 5.74) is 2.66. The molecule has 1 aromatic rings. The van der Waals surface area contributed by atoms with Crippen LogP contribution in [0.4, 0.5) is 4.39 Å². The summed E-state index contributed by atoms with van der Waals surface area (Å²) in [7, 11) is 0. The Morgan fingerprint density at radius 1 is 1.00 bits per heavy atom. The van der Waals surface area contributed by atoms with Crippen LogP contribution < -0.4 is 0 Å². The lowest BCUT2D eigenvalue weighted by Gasteiger charge is -1.90. The van der Waals surface area contributed by atoms with Gasteiger partial charge in [-0.05, 0) is 20.8 Å². The first kappa shape index (κ1) is 10.2. The average Bonchev–Trinajstić information content (AvgIpc) is 1.97. The minimum atomic E-state index is -0.250. The number of halogens is 1. The highest BCUT2D eigenvalue weighted by Gasteiger charge is 1.79. The Balaban J connectivity index is 0.000000292. The van der Waals surface area contributed by atoms with E-state index in [9.17, 15) is 4.39 Å². The first-order chi connectivity index (χ1) is 5.20. The monoisotopic (exact) mass is 154 g/mol. The number of rotatable bonds is 0. The van der Waals surface area contributed by atoms with E-state index in [4.69, 9.17) is 0 Å². The second-order valence-electron chi connectivity index (χ2n) is 2.42. The van der Waals surface area contributed by atoms with E-state index in [0.29, 0.717) is 0 Å². The third-order valence-corrected chi connectivity index (χ3v) is 1.22. The topological polar surface area (TPSA) is 0 Å². The third-order valence-electron chi connectivity index (χ3n) is 1.22. The SMILES string of the molecule is CCF.Cc1ccc(C)cc1. The Hall–Kier alpha value is -0.850. The van der Waals surface area contributed by atoms with E-state index < -0.39 is 0 Å². The summed E-state index contributed by atoms with van der Waals surface area (Å²) < 4.78 is 10.3. The Kier molecular flexibility index (Phi) is 5.44. The van der Waals surface area contributed by atoms with Crippen LogP contribution in [0.2, 0.25) is 0 Å². The zero-order valence-electron chi connectivity index (χ0n) is 7.39. The fraction of sp³-hybridized carbons (Fsp3) is 0.400. The number of hydrogen-bond donors (Lipinski definition) is 0. The van der Waals surface area contributed by atoms with Crippen LogP contribution in [0.25, 0.3) is 0 Å². The Morgan fingerprint density at radius 2 is 1.18 bits per heavy atom. The van der Waals surface area contributed by atoms with E-state index in [0.717, 1.165) is 0 Å². The van der Waals surface area contributed by atoms with Gasteiger partial charge in [-0.3, -0.25) is 4.39 Å². The molecule has 0 aliphatic rings. The van der Waals surface area contributed by atoms with Gasteiger partial charge < -0.3 is 0 Å². The van der Waals surface area contributed by atoms with Crippen LogP contribution in [-0.4, -0.2) is 6.67 Å². The lowest BCUT2D eigenvalue weighted by atomic mass is 10.2. The van der Waals surface area contributed by atoms with Gasteiger partial charge in [0.15, 0.2) is 0 Å². The fourth-order valence-electron chi connectivity index (χ4n) is 0.637. The second kappa shape index (κ2) is 5.90. The van der Waals surface area contributed by atoms with Crippen molar-refractivity contribution < 1.29 is 4.39 Å². The maximum absolute atomic E-state index is 10.3. The van der Waals surface area contributed by atoms with Crippen LogP contribution in [0, 0.1) is 13.8 Å². The smallest absolute Gasteiger partial charge is 0.0866 e. The highest BCUT2D eigenvalue weighted by atomic mass is 19.1. The van der Waals surface area contributed by atoms with Gasteiger partial charge in [0.05, 0.1) is 6.67 Å². The summed E-state index contributed by atoms with van der Waals surface area (Å²) in [6.45, 7) is 5.40. The summed E-state index contributed by atoms with van der Waals surface area (Å²) >= 11 is 0. The molecule has 0 heterocycles. The molecule has 62 valence electrons. The number of benzene rings is 1. The normalized spacial score (nSPS) is 8.36. The quantitative estimate of drug-likeness (QED) is 0.538. The summed E-state index contributed by atoms with van der Waals surface area (Å²) in [5.74, 6) is 0. The van der Waals surface area contributed by atoms with Gasteiger partial charge in [-0.15, -0.1) is 0 Å². The summed E-state index contributed by atoms with van der Waals surface area (Å²) in [6.07, 6.45) is 0. The molecule has 0 saturated carbocycles. The molecule has 0 amide bonds. The van der Waals surface area contributed by atoms with Gasteiger partial charge in [0.2, 0.25) is 0 Å². The standard InChI is InChI=1S/C8H10.C2H5F/c1-7-3-5-8(2)6-4-7;1-2-3/h3-6H,1-2H3;2H2,1H3. The zero-order chi connectivity index (χ0) is 8.69. The molecule has 1 rings (SSSR count). The van der Waals surface area contributed by atoms with Crippen molar-refractivity contribution in [2.24, 2.45) is 0 Å². The van der Waals surface area contributed by atoms with E-state index in [2.05, 4.69) is 38.1 Å². The summed E-state index contributed by atoms with van der Waals surface area (Å²) in [6, 6.07) is 8.48. The molecule has 0 aliphatic heterocycles. The van der Waals surface area contributed by atoms with Gasteiger partial charge in [-0.25, -0.2) is 0 Å². The van der Waals surface area contributed by atoms with Crippen molar-refractivity contribution in [1.29, 1.82) is 0 Å². The molecular weight excluding hydrogens is 139 g/mol. The van der Waals surface area contributed by atoms with Gasteiger partial charge in [-0.1, -0.05) is 35.4 Å². The van der Waals surface area contributed by atoms with Crippen molar-refractivity contribution >= 4 is 0 Å². The van der Waals surface area contributed by atoms with Crippen molar-refractivity contribution in [3.63, 3.8) is 0 Å². The van der Waals surface area contributed by atoms with Gasteiger partial charge in [0.25, 0.3) is 0 Å². The van der Waals surface area contributed by atoms with Gasteiger partial charge in [0.1, 0.15) is 0 Å². The largest absolute Gasteiger partial charge is 0.251 e. The number of alkyl halides is 1. The second-order valence-corrected chi connectivity index (χ2v) is 2.42. The van der Waals surface area contributed by atoms with Crippen LogP contribution in [0.5, 0.6) is 0 Å². The molecule has 0 atom stereocenters. The minimum absolute atomic E-state index is 0.250. The van der Waals surface area contributed by atoms with Crippen molar-refractivity contribution in [2.45, 2.75) is 20.8 Å². The van der Waals surface area contributed by atoms with Crippen molar-refractivity contribution in [2.75, 3.05) is 6.67 Å². The highest BCUT2D eigenvalue weighted by Crippen LogP contribution is 1.99. The molecule has 0 saturated heterocycles. The molecule has 1 heteroatoms. The molecule has 11 heavy (non-hydrogen) atoms. The zero-order valence-corrected chi connectivity index (χ0v) is 7.39. The van der Waals surface area contributed by atoms with Crippen LogP contribution in [-0.2, 0) is 0 Å². The first-order valence-electron chi connectivity index (χ1n) is 3.80. The third kappa shape index (κ3) is 5.59. The van der Waals surface area contributed by atoms with Crippen LogP contribution in [0.15, 0.2) is 24.3 Å². The van der Waals surface area contributed by atoms with E-state index in [-0.39, 0.29) is 6.67 Å². The molecule has 0 spiro atoms. The van der Waals surface area contributed by atoms with Crippen molar-refractivity contribution in [1.82, 2.24) is 0 Å². The summed E-state index contributed by atoms with van der Waals surface area (Å²) in [4.78, 5) is 0. The molecular formula is C10H15F. The van der Waals surface area contributed by atoms with E-state index in [1.807, 2.05) is 0 Å². The minimum Gasteiger partial charge on any atom is -0.251 e. The van der Waals surface area contributed by atoms with Crippen LogP contribution in [0.1, 0.15) is 18.1 Å². The Morgan fingerprint density at radius 3 is 1.36 bits per heavy atom. The highest BCUT2D eigenvalue weighted by molar-refractivity contribution is 5.19. The molecule has 0 aromatic heterocycles. The molecule has 0 fully saturated rings. The van der Waals surface area contributed by atoms with Gasteiger partial charge >= 0.3 is 0 Å². The Bertz CT molecular complexity index is 156. The van der Waals surface area contributed by atoms with Gasteiger partial charge in [0, 0.05) is 0 Å². The number of aryl methyl sites for hydroxylation is 2. The molecule has 0 unspecified atom stereocenters. The maximum Gasteiger partial charge on any atom is 0.0866 e. The van der Waals surface area contributed by atoms with Crippen molar-refractivity contribution in [3.05, 3.63) is 35.4 Å². The van der Waals surface area contributed by atoms with Crippen LogP contribution in [0.3, 0.4) is 0 Å². The predicted molar refractivity (Wildman–Crippen MR) is 47.6 cm³/mol. The van der Waals surface area contributed by atoms with E-state index >= 15 is 0 Å². The average molecular weight is 154 g/mol. The Labute approximate surface area is 68.1 Å². The lowest BCUT2D eigenvalue weighted by molar-refractivity contribution is 0.527. The maximum atomic E-state index is 10.3. The first-order valence-corrected chi connectivity index (χ1v) is 3.80. The molecule has 0 radical (unpaired) electrons. The molecule has 0 aliphatic carbocycles. The predicted octanol–water partition coefficient (Wildman–Crippen LogP) is 3.28. The van der Waals surface area contributed by atoms with E-state index in [1.165, 1.54) is 18.1 Å². The molecule has 0 nitrogen and oxygen atoms in total. The fourth-order valence-corrected chi connectivity index (χ4v) is 0.637. The van der Waals surface area contributed by atoms with Crippen LogP contribution >= 0.6 is 0 Å². The lowest BCUT2D eigenvalue weighted by Crippen LogP contribution is -1.70. The van der Waals surface area contributed by atoms with Gasteiger partial charge in [-0.2, -0.15) is 0 Å². The molecule has 1 aromatic carbocycles. The van der Waals surface area contributed by atoms with E-state index in [1.54, 1.807) is 0 Å².